The molecule has 1 aliphatic heterocycles. The van der Waals surface area contributed by atoms with Crippen LogP contribution < -0.4 is 11.1 Å². The van der Waals surface area contributed by atoms with E-state index in [1.807, 2.05) is 0 Å². The van der Waals surface area contributed by atoms with E-state index in [2.05, 4.69) is 10.2 Å². The summed E-state index contributed by atoms with van der Waals surface area (Å²) < 4.78 is 0. The highest BCUT2D eigenvalue weighted by molar-refractivity contribution is 5.80. The Morgan fingerprint density at radius 3 is 2.75 bits per heavy atom. The van der Waals surface area contributed by atoms with Crippen molar-refractivity contribution in [2.45, 2.75) is 12.5 Å². The van der Waals surface area contributed by atoms with Crippen molar-refractivity contribution in [1.29, 1.82) is 0 Å². The minimum Gasteiger partial charge on any atom is -0.368 e. The Bertz CT molecular complexity index is 489. The van der Waals surface area contributed by atoms with Gasteiger partial charge in [-0.3, -0.25) is 19.8 Å². The number of nitro benzene ring substituents is 1. The Balaban J connectivity index is 1.93. The molecule has 0 bridgehead atoms. The van der Waals surface area contributed by atoms with E-state index in [1.54, 1.807) is 12.1 Å². The van der Waals surface area contributed by atoms with Crippen molar-refractivity contribution in [3.05, 3.63) is 39.9 Å². The largest absolute Gasteiger partial charge is 0.368 e. The Kier molecular flexibility index (Phi) is 4.65. The Hall–Kier alpha value is -1.99. The fourth-order valence-corrected chi connectivity index (χ4v) is 2.35. The summed E-state index contributed by atoms with van der Waals surface area (Å²) in [7, 11) is 0. The molecule has 0 radical (unpaired) electrons. The first kappa shape index (κ1) is 14.4. The summed E-state index contributed by atoms with van der Waals surface area (Å²) in [6.45, 7) is 2.91. The molecule has 0 spiro atoms. The maximum Gasteiger partial charge on any atom is 0.269 e. The first-order chi connectivity index (χ1) is 9.58. The molecule has 7 nitrogen and oxygen atoms in total. The molecule has 1 unspecified atom stereocenters. The molecule has 1 aromatic carbocycles. The predicted molar refractivity (Wildman–Crippen MR) is 74.2 cm³/mol. The van der Waals surface area contributed by atoms with Crippen LogP contribution >= 0.6 is 0 Å². The number of carbonyl (C=O) groups is 1. The van der Waals surface area contributed by atoms with Crippen LogP contribution in [0.3, 0.4) is 0 Å². The molecule has 0 aromatic heterocycles. The first-order valence-corrected chi connectivity index (χ1v) is 6.55. The molecule has 1 saturated heterocycles. The summed E-state index contributed by atoms with van der Waals surface area (Å²) in [5.74, 6) is -0.319. The highest BCUT2D eigenvalue weighted by Gasteiger charge is 2.26. The summed E-state index contributed by atoms with van der Waals surface area (Å²) in [4.78, 5) is 23.6. The molecule has 0 aliphatic carbocycles. The van der Waals surface area contributed by atoms with Gasteiger partial charge < -0.3 is 11.1 Å². The van der Waals surface area contributed by atoms with E-state index in [0.717, 1.165) is 25.1 Å². The molecule has 1 aromatic rings. The molecule has 1 heterocycles. The van der Waals surface area contributed by atoms with Crippen molar-refractivity contribution in [1.82, 2.24) is 10.2 Å². The zero-order chi connectivity index (χ0) is 14.5. The summed E-state index contributed by atoms with van der Waals surface area (Å²) >= 11 is 0. The molecule has 108 valence electrons. The molecule has 2 rings (SSSR count). The minimum absolute atomic E-state index is 0.0888. The van der Waals surface area contributed by atoms with Crippen molar-refractivity contribution >= 4 is 11.6 Å². The van der Waals surface area contributed by atoms with Gasteiger partial charge >= 0.3 is 0 Å². The third-order valence-corrected chi connectivity index (χ3v) is 3.52. The van der Waals surface area contributed by atoms with Gasteiger partial charge in [0.25, 0.3) is 5.69 Å². The number of primary amides is 1. The number of nitrogens with zero attached hydrogens (tertiary/aromatic N) is 2. The minimum atomic E-state index is -0.413. The topological polar surface area (TPSA) is 102 Å². The lowest BCUT2D eigenvalue weighted by Crippen LogP contribution is -2.57. The van der Waals surface area contributed by atoms with E-state index in [-0.39, 0.29) is 17.6 Å². The Labute approximate surface area is 116 Å². The zero-order valence-corrected chi connectivity index (χ0v) is 11.1. The third-order valence-electron chi connectivity index (χ3n) is 3.52. The van der Waals surface area contributed by atoms with Gasteiger partial charge in [-0.25, -0.2) is 0 Å². The number of rotatable bonds is 5. The van der Waals surface area contributed by atoms with E-state index in [9.17, 15) is 14.9 Å². The second-order valence-electron chi connectivity index (χ2n) is 4.83. The van der Waals surface area contributed by atoms with Crippen molar-refractivity contribution in [2.75, 3.05) is 26.2 Å². The van der Waals surface area contributed by atoms with Crippen LogP contribution in [0.4, 0.5) is 5.69 Å². The SMILES string of the molecule is NC(=O)C1CNCCN1CCc1ccc([N+](=O)[O-])cc1. The number of nitrogens with two attached hydrogens (primary N) is 1. The van der Waals surface area contributed by atoms with Crippen LogP contribution in [0.2, 0.25) is 0 Å². The molecule has 0 saturated carbocycles. The number of hydrogen-bond donors (Lipinski definition) is 2. The molecule has 1 atom stereocenters. The lowest BCUT2D eigenvalue weighted by Gasteiger charge is -2.34. The lowest BCUT2D eigenvalue weighted by molar-refractivity contribution is -0.384. The number of benzene rings is 1. The lowest BCUT2D eigenvalue weighted by atomic mass is 10.1. The summed E-state index contributed by atoms with van der Waals surface area (Å²) in [6.07, 6.45) is 0.738. The van der Waals surface area contributed by atoms with Gasteiger partial charge in [0.1, 0.15) is 6.04 Å². The summed E-state index contributed by atoms with van der Waals surface area (Å²) in [5, 5.41) is 13.7. The molecule has 1 amide bonds. The number of hydrogen-bond acceptors (Lipinski definition) is 5. The average Bonchev–Trinajstić information content (AvgIpc) is 2.45. The van der Waals surface area contributed by atoms with Crippen LogP contribution in [0.1, 0.15) is 5.56 Å². The van der Waals surface area contributed by atoms with Crippen molar-refractivity contribution < 1.29 is 9.72 Å². The van der Waals surface area contributed by atoms with E-state index in [0.29, 0.717) is 13.1 Å². The summed E-state index contributed by atoms with van der Waals surface area (Å²) in [5.41, 5.74) is 6.48. The maximum atomic E-state index is 11.4. The third kappa shape index (κ3) is 3.52. The molecule has 1 aliphatic rings. The first-order valence-electron chi connectivity index (χ1n) is 6.55. The van der Waals surface area contributed by atoms with Crippen LogP contribution in [0.25, 0.3) is 0 Å². The van der Waals surface area contributed by atoms with Crippen LogP contribution in [0, 0.1) is 10.1 Å². The second kappa shape index (κ2) is 6.44. The van der Waals surface area contributed by atoms with E-state index in [4.69, 9.17) is 5.73 Å². The predicted octanol–water partition coefficient (Wildman–Crippen LogP) is -0.104. The smallest absolute Gasteiger partial charge is 0.269 e. The molecule has 1 fully saturated rings. The van der Waals surface area contributed by atoms with Crippen LogP contribution in [-0.4, -0.2) is 48.0 Å². The number of piperazine rings is 1. The Morgan fingerprint density at radius 2 is 2.15 bits per heavy atom. The van der Waals surface area contributed by atoms with Gasteiger partial charge in [-0.15, -0.1) is 0 Å². The fourth-order valence-electron chi connectivity index (χ4n) is 2.35. The second-order valence-corrected chi connectivity index (χ2v) is 4.83. The monoisotopic (exact) mass is 278 g/mol. The van der Waals surface area contributed by atoms with Crippen LogP contribution in [0.15, 0.2) is 24.3 Å². The van der Waals surface area contributed by atoms with Gasteiger partial charge in [0.05, 0.1) is 4.92 Å². The van der Waals surface area contributed by atoms with Gasteiger partial charge in [0.2, 0.25) is 5.91 Å². The maximum absolute atomic E-state index is 11.4. The standard InChI is InChI=1S/C13H18N4O3/c14-13(18)12-9-15-6-8-16(12)7-5-10-1-3-11(4-2-10)17(19)20/h1-4,12,15H,5-9H2,(H2,14,18). The van der Waals surface area contributed by atoms with E-state index < -0.39 is 4.92 Å². The van der Waals surface area contributed by atoms with Gasteiger partial charge in [0.15, 0.2) is 0 Å². The number of non-ortho nitro benzene ring substituents is 1. The molecule has 20 heavy (non-hydrogen) atoms. The van der Waals surface area contributed by atoms with Gasteiger partial charge in [-0.1, -0.05) is 12.1 Å². The van der Waals surface area contributed by atoms with Crippen molar-refractivity contribution in [2.24, 2.45) is 5.73 Å². The fraction of sp³-hybridized carbons (Fsp3) is 0.462. The molecule has 3 N–H and O–H groups in total. The number of carbonyl (C=O) groups excluding carboxylic acids is 1. The van der Waals surface area contributed by atoms with Gasteiger partial charge in [0, 0.05) is 38.3 Å². The summed E-state index contributed by atoms with van der Waals surface area (Å²) in [6, 6.07) is 6.22. The highest BCUT2D eigenvalue weighted by Crippen LogP contribution is 2.13. The quantitative estimate of drug-likeness (QED) is 0.578. The highest BCUT2D eigenvalue weighted by atomic mass is 16.6. The average molecular weight is 278 g/mol. The van der Waals surface area contributed by atoms with Gasteiger partial charge in [-0.2, -0.15) is 0 Å². The molecule has 7 heteroatoms. The van der Waals surface area contributed by atoms with Crippen molar-refractivity contribution in [3.63, 3.8) is 0 Å². The van der Waals surface area contributed by atoms with E-state index in [1.165, 1.54) is 12.1 Å². The number of amides is 1. The normalized spacial score (nSPS) is 19.7. The number of nitrogens with one attached hydrogen (secondary N) is 1. The van der Waals surface area contributed by atoms with Gasteiger partial charge in [-0.05, 0) is 12.0 Å². The Morgan fingerprint density at radius 1 is 1.45 bits per heavy atom. The molecular weight excluding hydrogens is 260 g/mol. The molecular formula is C13H18N4O3. The van der Waals surface area contributed by atoms with Crippen LogP contribution in [-0.2, 0) is 11.2 Å². The van der Waals surface area contributed by atoms with Crippen LogP contribution in [0.5, 0.6) is 0 Å². The zero-order valence-electron chi connectivity index (χ0n) is 11.1. The van der Waals surface area contributed by atoms with E-state index >= 15 is 0 Å². The van der Waals surface area contributed by atoms with Crippen molar-refractivity contribution in [3.8, 4) is 0 Å². The number of nitro groups is 1.